The fourth-order valence-corrected chi connectivity index (χ4v) is 2.95. The van der Waals surface area contributed by atoms with Gasteiger partial charge in [-0.25, -0.2) is 4.79 Å². The summed E-state index contributed by atoms with van der Waals surface area (Å²) in [6.45, 7) is 0.732. The van der Waals surface area contributed by atoms with Crippen LogP contribution in [0.15, 0.2) is 29.5 Å². The Morgan fingerprint density at radius 1 is 1.42 bits per heavy atom. The number of carboxylic acid groups (broad SMARTS) is 1. The first-order valence-corrected chi connectivity index (χ1v) is 8.23. The Kier molecular flexibility index (Phi) is 5.12. The van der Waals surface area contributed by atoms with Crippen LogP contribution >= 0.6 is 0 Å². The van der Waals surface area contributed by atoms with Crippen molar-refractivity contribution in [3.8, 4) is 5.75 Å². The molecule has 0 aliphatic carbocycles. The highest BCUT2D eigenvalue weighted by atomic mass is 16.5. The van der Waals surface area contributed by atoms with Crippen molar-refractivity contribution in [2.75, 3.05) is 6.54 Å². The maximum absolute atomic E-state index is 11.8. The van der Waals surface area contributed by atoms with E-state index < -0.39 is 13.1 Å². The average Bonchev–Trinajstić information content (AvgIpc) is 3.01. The summed E-state index contributed by atoms with van der Waals surface area (Å²) in [7, 11) is -0.984. The quantitative estimate of drug-likeness (QED) is 0.319. The topological polar surface area (TPSA) is 149 Å². The Labute approximate surface area is 150 Å². The van der Waals surface area contributed by atoms with Crippen LogP contribution in [-0.2, 0) is 19.4 Å². The third-order valence-corrected chi connectivity index (χ3v) is 4.17. The number of fused-ring (bicyclic) bond motifs is 1. The summed E-state index contributed by atoms with van der Waals surface area (Å²) >= 11 is 0. The minimum Gasteiger partial charge on any atom is -0.535 e. The highest BCUT2D eigenvalue weighted by molar-refractivity contribution is 6.44. The third-order valence-electron chi connectivity index (χ3n) is 4.17. The lowest BCUT2D eigenvalue weighted by atomic mass is 9.78. The van der Waals surface area contributed by atoms with Crippen molar-refractivity contribution >= 4 is 19.0 Å². The molecular formula is C16H20BN5O4. The number of nitrogens with two attached hydrogens (primary N) is 2. The van der Waals surface area contributed by atoms with Gasteiger partial charge in [0.2, 0.25) is 0 Å². The van der Waals surface area contributed by atoms with Crippen molar-refractivity contribution in [1.29, 1.82) is 0 Å². The maximum atomic E-state index is 11.8. The lowest BCUT2D eigenvalue weighted by molar-refractivity contribution is 0.0693. The highest BCUT2D eigenvalue weighted by Gasteiger charge is 2.29. The zero-order valence-electron chi connectivity index (χ0n) is 14.1. The Balaban J connectivity index is 1.82. The van der Waals surface area contributed by atoms with E-state index in [1.807, 2.05) is 12.3 Å². The van der Waals surface area contributed by atoms with E-state index in [-0.39, 0.29) is 23.8 Å². The third kappa shape index (κ3) is 3.97. The molecule has 0 saturated heterocycles. The number of carboxylic acids is 1. The lowest BCUT2D eigenvalue weighted by Gasteiger charge is -2.23. The molecule has 0 amide bonds. The molecule has 0 bridgehead atoms. The average molecular weight is 357 g/mol. The van der Waals surface area contributed by atoms with E-state index in [1.54, 1.807) is 16.9 Å². The van der Waals surface area contributed by atoms with Crippen LogP contribution < -0.4 is 16.1 Å². The number of guanidine groups is 1. The van der Waals surface area contributed by atoms with Crippen molar-refractivity contribution in [3.63, 3.8) is 0 Å². The van der Waals surface area contributed by atoms with E-state index in [4.69, 9.17) is 16.1 Å². The fourth-order valence-electron chi connectivity index (χ4n) is 2.95. The van der Waals surface area contributed by atoms with Crippen LogP contribution in [0, 0.1) is 0 Å². The first-order chi connectivity index (χ1) is 12.4. The van der Waals surface area contributed by atoms with Gasteiger partial charge < -0.3 is 26.3 Å². The molecule has 1 aliphatic heterocycles. The molecule has 0 unspecified atom stereocenters. The molecule has 0 fully saturated rings. The first kappa shape index (κ1) is 17.8. The zero-order valence-corrected chi connectivity index (χ0v) is 14.1. The maximum Gasteiger partial charge on any atom is 0.522 e. The number of aromatic carboxylic acids is 1. The van der Waals surface area contributed by atoms with Crippen molar-refractivity contribution in [1.82, 2.24) is 9.78 Å². The number of aliphatic imine (C=N–C) groups is 1. The van der Waals surface area contributed by atoms with E-state index in [2.05, 4.69) is 10.1 Å². The molecule has 1 aromatic carbocycles. The van der Waals surface area contributed by atoms with E-state index in [0.717, 1.165) is 11.1 Å². The Morgan fingerprint density at radius 2 is 2.23 bits per heavy atom. The summed E-state index contributed by atoms with van der Waals surface area (Å²) in [4.78, 5) is 15.7. The van der Waals surface area contributed by atoms with Crippen molar-refractivity contribution < 1.29 is 19.6 Å². The van der Waals surface area contributed by atoms with Gasteiger partial charge in [0.15, 0.2) is 5.96 Å². The van der Waals surface area contributed by atoms with Crippen molar-refractivity contribution in [2.45, 2.75) is 25.7 Å². The molecule has 1 aromatic heterocycles. The number of carbonyl (C=O) groups is 1. The second-order valence-electron chi connectivity index (χ2n) is 6.11. The summed E-state index contributed by atoms with van der Waals surface area (Å²) in [6, 6.07) is 3.61. The molecule has 1 aliphatic rings. The summed E-state index contributed by atoms with van der Waals surface area (Å²) in [5.74, 6) is -0.806. The van der Waals surface area contributed by atoms with Gasteiger partial charge in [0.1, 0.15) is 11.3 Å². The predicted octanol–water partition coefficient (Wildman–Crippen LogP) is -0.139. The second kappa shape index (κ2) is 7.48. The first-order valence-electron chi connectivity index (χ1n) is 8.23. The highest BCUT2D eigenvalue weighted by Crippen LogP contribution is 2.33. The number of aryl methyl sites for hydroxylation is 1. The van der Waals surface area contributed by atoms with Crippen molar-refractivity contribution in [2.24, 2.45) is 16.5 Å². The van der Waals surface area contributed by atoms with Gasteiger partial charge in [0, 0.05) is 12.7 Å². The molecular weight excluding hydrogens is 337 g/mol. The Hall–Kier alpha value is -3.01. The van der Waals surface area contributed by atoms with Crippen LogP contribution in [0.3, 0.4) is 0 Å². The SMILES string of the molecule is NC(N)=NCCc1cnn(Cc2ccc3c(c2C(=O)O)OB(O)CC3)c1. The van der Waals surface area contributed by atoms with Gasteiger partial charge in [-0.3, -0.25) is 9.67 Å². The monoisotopic (exact) mass is 357 g/mol. The van der Waals surface area contributed by atoms with Gasteiger partial charge in [-0.1, -0.05) is 12.1 Å². The summed E-state index contributed by atoms with van der Waals surface area (Å²) in [5, 5.41) is 23.6. The van der Waals surface area contributed by atoms with Gasteiger partial charge in [0.05, 0.1) is 12.7 Å². The van der Waals surface area contributed by atoms with E-state index >= 15 is 0 Å². The molecule has 0 spiro atoms. The predicted molar refractivity (Wildman–Crippen MR) is 96.2 cm³/mol. The van der Waals surface area contributed by atoms with Crippen LogP contribution in [0.2, 0.25) is 6.32 Å². The van der Waals surface area contributed by atoms with Gasteiger partial charge in [-0.15, -0.1) is 0 Å². The molecule has 3 rings (SSSR count). The molecule has 10 heteroatoms. The van der Waals surface area contributed by atoms with Crippen LogP contribution in [0.4, 0.5) is 0 Å². The van der Waals surface area contributed by atoms with Crippen LogP contribution in [0.25, 0.3) is 0 Å². The van der Waals surface area contributed by atoms with Gasteiger partial charge >= 0.3 is 13.1 Å². The largest absolute Gasteiger partial charge is 0.535 e. The number of aromatic nitrogens is 2. The molecule has 9 nitrogen and oxygen atoms in total. The number of hydrogen-bond donors (Lipinski definition) is 4. The van der Waals surface area contributed by atoms with Gasteiger partial charge in [-0.05, 0) is 35.9 Å². The summed E-state index contributed by atoms with van der Waals surface area (Å²) < 4.78 is 7.04. The van der Waals surface area contributed by atoms with Crippen LogP contribution in [0.5, 0.6) is 5.75 Å². The lowest BCUT2D eigenvalue weighted by Crippen LogP contribution is -2.28. The standard InChI is InChI=1S/C16H20BN5O4/c18-16(19)20-6-4-10-7-21-22(8-10)9-12-2-1-11-3-5-17(25)26-14(11)13(12)15(23)24/h1-2,7-8,25H,3-6,9H2,(H,23,24)(H4,18,19,20). The zero-order chi connectivity index (χ0) is 18.7. The minimum absolute atomic E-state index is 0.0414. The second-order valence-corrected chi connectivity index (χ2v) is 6.11. The molecule has 26 heavy (non-hydrogen) atoms. The number of nitrogens with zero attached hydrogens (tertiary/aromatic N) is 3. The minimum atomic E-state index is -1.09. The van der Waals surface area contributed by atoms with E-state index in [1.165, 1.54) is 0 Å². The number of hydrogen-bond acceptors (Lipinski definition) is 5. The fraction of sp³-hybridized carbons (Fsp3) is 0.312. The molecule has 2 aromatic rings. The van der Waals surface area contributed by atoms with Gasteiger partial charge in [0.25, 0.3) is 0 Å². The molecule has 0 saturated carbocycles. The molecule has 0 atom stereocenters. The van der Waals surface area contributed by atoms with Crippen LogP contribution in [-0.4, -0.2) is 45.5 Å². The number of benzene rings is 1. The van der Waals surface area contributed by atoms with Gasteiger partial charge in [-0.2, -0.15) is 5.10 Å². The van der Waals surface area contributed by atoms with E-state index in [0.29, 0.717) is 31.3 Å². The Bertz CT molecular complexity index is 847. The van der Waals surface area contributed by atoms with Crippen LogP contribution in [0.1, 0.15) is 27.0 Å². The smallest absolute Gasteiger partial charge is 0.522 e. The number of rotatable bonds is 6. The molecule has 6 N–H and O–H groups in total. The summed E-state index contributed by atoms with van der Waals surface area (Å²) in [6.07, 6.45) is 5.17. The Morgan fingerprint density at radius 3 is 2.96 bits per heavy atom. The van der Waals surface area contributed by atoms with Crippen molar-refractivity contribution in [3.05, 3.63) is 46.8 Å². The molecule has 136 valence electrons. The normalized spacial score (nSPS) is 13.0. The van der Waals surface area contributed by atoms with E-state index in [9.17, 15) is 14.9 Å². The molecule has 0 radical (unpaired) electrons. The summed E-state index contributed by atoms with van der Waals surface area (Å²) in [5.41, 5.74) is 12.9. The molecule has 2 heterocycles.